The summed E-state index contributed by atoms with van der Waals surface area (Å²) in [4.78, 5) is 0. The molecule has 0 aromatic heterocycles. The van der Waals surface area contributed by atoms with Gasteiger partial charge in [-0.3, -0.25) is 0 Å². The molecule has 88 valence electrons. The van der Waals surface area contributed by atoms with Crippen LogP contribution in [0.25, 0.3) is 0 Å². The molecule has 1 aromatic carbocycles. The monoisotopic (exact) mass is 261 g/mol. The van der Waals surface area contributed by atoms with Crippen molar-refractivity contribution in [2.24, 2.45) is 0 Å². The summed E-state index contributed by atoms with van der Waals surface area (Å²) >= 11 is 11.7. The first-order chi connectivity index (χ1) is 7.75. The summed E-state index contributed by atoms with van der Waals surface area (Å²) in [5.41, 5.74) is 0. The third kappa shape index (κ3) is 3.25. The first-order valence-corrected chi connectivity index (χ1v) is 5.90. The second kappa shape index (κ2) is 5.73. The third-order valence-electron chi connectivity index (χ3n) is 2.34. The number of rotatable bonds is 3. The summed E-state index contributed by atoms with van der Waals surface area (Å²) in [6.45, 7) is 2.89. The van der Waals surface area contributed by atoms with E-state index in [0.717, 1.165) is 18.9 Å². The second-order valence-corrected chi connectivity index (χ2v) is 4.43. The lowest BCUT2D eigenvalue weighted by Crippen LogP contribution is -2.44. The molecule has 16 heavy (non-hydrogen) atoms. The molecule has 1 atom stereocenters. The van der Waals surface area contributed by atoms with Crippen LogP contribution < -0.4 is 10.1 Å². The molecule has 1 N–H and O–H groups in total. The Morgan fingerprint density at radius 2 is 2.25 bits per heavy atom. The number of nitrogens with one attached hydrogen (secondary N) is 1. The van der Waals surface area contributed by atoms with Gasteiger partial charge in [0.25, 0.3) is 0 Å². The lowest BCUT2D eigenvalue weighted by atomic mass is 10.3. The van der Waals surface area contributed by atoms with Gasteiger partial charge < -0.3 is 14.8 Å². The molecule has 3 nitrogen and oxygen atoms in total. The fourth-order valence-electron chi connectivity index (χ4n) is 1.49. The SMILES string of the molecule is Clc1ccc(OCC2COCCN2)cc1Cl. The Morgan fingerprint density at radius 1 is 1.38 bits per heavy atom. The average molecular weight is 262 g/mol. The van der Waals surface area contributed by atoms with Gasteiger partial charge in [0, 0.05) is 12.6 Å². The first-order valence-electron chi connectivity index (χ1n) is 5.14. The lowest BCUT2D eigenvalue weighted by molar-refractivity contribution is 0.0593. The molecule has 5 heteroatoms. The molecular formula is C11H13Cl2NO2. The molecule has 0 radical (unpaired) electrons. The molecule has 0 saturated carbocycles. The van der Waals surface area contributed by atoms with Crippen LogP contribution in [-0.2, 0) is 4.74 Å². The van der Waals surface area contributed by atoms with Crippen LogP contribution in [0.3, 0.4) is 0 Å². The van der Waals surface area contributed by atoms with Crippen LogP contribution in [0, 0.1) is 0 Å². The molecule has 2 rings (SSSR count). The largest absolute Gasteiger partial charge is 0.492 e. The van der Waals surface area contributed by atoms with Crippen LogP contribution in [0.4, 0.5) is 0 Å². The van der Waals surface area contributed by atoms with E-state index in [1.165, 1.54) is 0 Å². The van der Waals surface area contributed by atoms with Crippen molar-refractivity contribution >= 4 is 23.2 Å². The van der Waals surface area contributed by atoms with Crippen LogP contribution in [0.1, 0.15) is 0 Å². The summed E-state index contributed by atoms with van der Waals surface area (Å²) < 4.78 is 10.9. The molecule has 0 amide bonds. The van der Waals surface area contributed by atoms with Crippen molar-refractivity contribution in [2.75, 3.05) is 26.4 Å². The molecule has 1 aromatic rings. The van der Waals surface area contributed by atoms with Gasteiger partial charge in [-0.1, -0.05) is 23.2 Å². The maximum Gasteiger partial charge on any atom is 0.120 e. The minimum absolute atomic E-state index is 0.239. The van der Waals surface area contributed by atoms with Gasteiger partial charge in [0.05, 0.1) is 29.3 Å². The van der Waals surface area contributed by atoms with Crippen molar-refractivity contribution in [1.82, 2.24) is 5.32 Å². The predicted octanol–water partition coefficient (Wildman–Crippen LogP) is 2.36. The lowest BCUT2D eigenvalue weighted by Gasteiger charge is -2.23. The number of benzene rings is 1. The molecule has 0 bridgehead atoms. The second-order valence-electron chi connectivity index (χ2n) is 3.61. The fourth-order valence-corrected chi connectivity index (χ4v) is 1.78. The van der Waals surface area contributed by atoms with Gasteiger partial charge in [0.1, 0.15) is 12.4 Å². The molecule has 1 saturated heterocycles. The Morgan fingerprint density at radius 3 is 2.94 bits per heavy atom. The van der Waals surface area contributed by atoms with Crippen LogP contribution in [0.15, 0.2) is 18.2 Å². The van der Waals surface area contributed by atoms with Crippen LogP contribution in [-0.4, -0.2) is 32.4 Å². The Kier molecular flexibility index (Phi) is 4.29. The molecule has 1 heterocycles. The number of halogens is 2. The van der Waals surface area contributed by atoms with Crippen LogP contribution in [0.5, 0.6) is 5.75 Å². The normalized spacial score (nSPS) is 20.8. The summed E-state index contributed by atoms with van der Waals surface area (Å²) in [5.74, 6) is 0.724. The highest BCUT2D eigenvalue weighted by Gasteiger charge is 2.13. The van der Waals surface area contributed by atoms with E-state index in [-0.39, 0.29) is 6.04 Å². The van der Waals surface area contributed by atoms with E-state index in [2.05, 4.69) is 5.32 Å². The van der Waals surface area contributed by atoms with E-state index in [1.54, 1.807) is 18.2 Å². The highest BCUT2D eigenvalue weighted by atomic mass is 35.5. The van der Waals surface area contributed by atoms with Gasteiger partial charge in [-0.25, -0.2) is 0 Å². The summed E-state index contributed by atoms with van der Waals surface area (Å²) in [7, 11) is 0. The van der Waals surface area contributed by atoms with E-state index < -0.39 is 0 Å². The van der Waals surface area contributed by atoms with E-state index in [4.69, 9.17) is 32.7 Å². The minimum atomic E-state index is 0.239. The molecular weight excluding hydrogens is 249 g/mol. The topological polar surface area (TPSA) is 30.5 Å². The maximum absolute atomic E-state index is 5.88. The van der Waals surface area contributed by atoms with Gasteiger partial charge in [-0.05, 0) is 12.1 Å². The third-order valence-corrected chi connectivity index (χ3v) is 3.08. The average Bonchev–Trinajstić information content (AvgIpc) is 2.32. The maximum atomic E-state index is 5.88. The van der Waals surface area contributed by atoms with E-state index >= 15 is 0 Å². The van der Waals surface area contributed by atoms with Crippen LogP contribution >= 0.6 is 23.2 Å². The van der Waals surface area contributed by atoms with Crippen LogP contribution in [0.2, 0.25) is 10.0 Å². The predicted molar refractivity (Wildman–Crippen MR) is 64.6 cm³/mol. The quantitative estimate of drug-likeness (QED) is 0.907. The van der Waals surface area contributed by atoms with Crippen molar-refractivity contribution in [2.45, 2.75) is 6.04 Å². The first kappa shape index (κ1) is 12.0. The smallest absolute Gasteiger partial charge is 0.120 e. The summed E-state index contributed by atoms with van der Waals surface area (Å²) in [5, 5.41) is 4.35. The molecule has 0 spiro atoms. The molecule has 1 fully saturated rings. The zero-order chi connectivity index (χ0) is 11.4. The Balaban J connectivity index is 1.86. The number of hydrogen-bond acceptors (Lipinski definition) is 3. The van der Waals surface area contributed by atoms with Crippen molar-refractivity contribution in [3.63, 3.8) is 0 Å². The standard InChI is InChI=1S/C11H13Cl2NO2/c12-10-2-1-9(5-11(10)13)16-7-8-6-15-4-3-14-8/h1-2,5,8,14H,3-4,6-7H2. The van der Waals surface area contributed by atoms with Gasteiger partial charge in [-0.2, -0.15) is 0 Å². The number of hydrogen-bond donors (Lipinski definition) is 1. The fraction of sp³-hybridized carbons (Fsp3) is 0.455. The van der Waals surface area contributed by atoms with E-state index in [9.17, 15) is 0 Å². The zero-order valence-corrected chi connectivity index (χ0v) is 10.2. The van der Waals surface area contributed by atoms with E-state index in [1.807, 2.05) is 0 Å². The highest BCUT2D eigenvalue weighted by molar-refractivity contribution is 6.42. The minimum Gasteiger partial charge on any atom is -0.492 e. The van der Waals surface area contributed by atoms with Gasteiger partial charge >= 0.3 is 0 Å². The highest BCUT2D eigenvalue weighted by Crippen LogP contribution is 2.26. The van der Waals surface area contributed by atoms with E-state index in [0.29, 0.717) is 23.3 Å². The van der Waals surface area contributed by atoms with Crippen molar-refractivity contribution < 1.29 is 9.47 Å². The number of morpholine rings is 1. The Hall–Kier alpha value is -0.480. The molecule has 1 aliphatic rings. The summed E-state index contributed by atoms with van der Waals surface area (Å²) in [6, 6.07) is 5.48. The van der Waals surface area contributed by atoms with Gasteiger partial charge in [0.15, 0.2) is 0 Å². The Labute approximate surface area is 105 Å². The number of ether oxygens (including phenoxy) is 2. The zero-order valence-electron chi connectivity index (χ0n) is 8.71. The molecule has 0 aliphatic carbocycles. The van der Waals surface area contributed by atoms with Gasteiger partial charge in [-0.15, -0.1) is 0 Å². The van der Waals surface area contributed by atoms with Crippen molar-refractivity contribution in [1.29, 1.82) is 0 Å². The van der Waals surface area contributed by atoms with Crippen molar-refractivity contribution in [3.8, 4) is 5.75 Å². The van der Waals surface area contributed by atoms with Gasteiger partial charge in [0.2, 0.25) is 0 Å². The Bertz CT molecular complexity index is 354. The molecule has 1 aliphatic heterocycles. The van der Waals surface area contributed by atoms with Crippen molar-refractivity contribution in [3.05, 3.63) is 28.2 Å². The summed E-state index contributed by atoms with van der Waals surface area (Å²) in [6.07, 6.45) is 0. The molecule has 1 unspecified atom stereocenters.